The second-order valence-corrected chi connectivity index (χ2v) is 6.08. The van der Waals surface area contributed by atoms with Crippen LogP contribution in [0.15, 0.2) is 49.4 Å². The molecule has 0 fully saturated rings. The second kappa shape index (κ2) is 5.38. The van der Waals surface area contributed by atoms with Gasteiger partial charge in [-0.2, -0.15) is 5.10 Å². The molecule has 128 valence electrons. The first-order valence-electron chi connectivity index (χ1n) is 8.07. The molecule has 0 unspecified atom stereocenters. The van der Waals surface area contributed by atoms with E-state index in [4.69, 9.17) is 0 Å². The van der Waals surface area contributed by atoms with Crippen molar-refractivity contribution in [3.8, 4) is 11.1 Å². The van der Waals surface area contributed by atoms with Gasteiger partial charge in [0.05, 0.1) is 29.8 Å². The van der Waals surface area contributed by atoms with Gasteiger partial charge in [-0.05, 0) is 13.0 Å². The maximum Gasteiger partial charge on any atom is 0.245 e. The van der Waals surface area contributed by atoms with E-state index in [1.165, 1.54) is 0 Å². The lowest BCUT2D eigenvalue weighted by Crippen LogP contribution is -2.01. The van der Waals surface area contributed by atoms with Gasteiger partial charge >= 0.3 is 0 Å². The lowest BCUT2D eigenvalue weighted by atomic mass is 10.1. The van der Waals surface area contributed by atoms with Crippen molar-refractivity contribution in [1.29, 1.82) is 0 Å². The molecule has 1 N–H and O–H groups in total. The summed E-state index contributed by atoms with van der Waals surface area (Å²) in [4.78, 5) is 13.1. The summed E-state index contributed by atoms with van der Waals surface area (Å²) in [5.74, 6) is 1.20. The quantitative estimate of drug-likeness (QED) is 0.539. The number of nitrogens with one attached hydrogen (secondary N) is 1. The van der Waals surface area contributed by atoms with Gasteiger partial charge in [-0.1, -0.05) is 0 Å². The van der Waals surface area contributed by atoms with Crippen LogP contribution in [0.5, 0.6) is 0 Å². The minimum Gasteiger partial charge on any atom is -0.320 e. The predicted molar refractivity (Wildman–Crippen MR) is 96.2 cm³/mol. The van der Waals surface area contributed by atoms with E-state index in [1.807, 2.05) is 55.4 Å². The minimum absolute atomic E-state index is 0.506. The predicted octanol–water partition coefficient (Wildman–Crippen LogP) is 2.22. The van der Waals surface area contributed by atoms with E-state index >= 15 is 0 Å². The molecule has 0 radical (unpaired) electrons. The average Bonchev–Trinajstić information content (AvgIpc) is 3.34. The Morgan fingerprint density at radius 1 is 1.00 bits per heavy atom. The van der Waals surface area contributed by atoms with Crippen LogP contribution in [-0.4, -0.2) is 38.7 Å². The number of aryl methyl sites for hydroxylation is 2. The van der Waals surface area contributed by atoms with Crippen molar-refractivity contribution in [1.82, 2.24) is 38.7 Å². The average molecular weight is 345 g/mol. The summed E-state index contributed by atoms with van der Waals surface area (Å²) in [6, 6.07) is 2.01. The number of aromatic nitrogens is 8. The third kappa shape index (κ3) is 2.29. The molecule has 0 aromatic carbocycles. The molecule has 5 heterocycles. The molecule has 0 amide bonds. The molecule has 0 aliphatic carbocycles. The van der Waals surface area contributed by atoms with Gasteiger partial charge < -0.3 is 5.32 Å². The Balaban J connectivity index is 1.55. The molecule has 0 atom stereocenters. The van der Waals surface area contributed by atoms with Gasteiger partial charge in [0.2, 0.25) is 11.7 Å². The molecular formula is C17H15N9. The Labute approximate surface area is 148 Å². The van der Waals surface area contributed by atoms with E-state index in [9.17, 15) is 0 Å². The summed E-state index contributed by atoms with van der Waals surface area (Å²) in [5, 5.41) is 11.8. The number of rotatable bonds is 3. The first-order chi connectivity index (χ1) is 12.7. The van der Waals surface area contributed by atoms with Crippen molar-refractivity contribution < 1.29 is 0 Å². The van der Waals surface area contributed by atoms with E-state index in [0.717, 1.165) is 28.0 Å². The first-order valence-corrected chi connectivity index (χ1v) is 8.07. The van der Waals surface area contributed by atoms with Gasteiger partial charge in [0.15, 0.2) is 0 Å². The number of hydrogen-bond donors (Lipinski definition) is 1. The highest BCUT2D eigenvalue weighted by Gasteiger charge is 2.10. The Morgan fingerprint density at radius 2 is 1.88 bits per heavy atom. The summed E-state index contributed by atoms with van der Waals surface area (Å²) in [7, 11) is 1.86. The van der Waals surface area contributed by atoms with Gasteiger partial charge in [-0.15, -0.1) is 5.10 Å². The van der Waals surface area contributed by atoms with Gasteiger partial charge in [-0.3, -0.25) is 9.08 Å². The number of anilines is 2. The number of imidazole rings is 1. The highest BCUT2D eigenvalue weighted by molar-refractivity contribution is 5.80. The van der Waals surface area contributed by atoms with Crippen LogP contribution in [0.4, 0.5) is 11.6 Å². The summed E-state index contributed by atoms with van der Waals surface area (Å²) >= 11 is 0. The Bertz CT molecular complexity index is 1240. The standard InChI is InChI=1S/C17H15N9/c1-11-5-19-17-20-6-12(9-25(11)17)14-3-4-26-15(14)8-18-16(23-26)22-13-7-21-24(2)10-13/h3-10H,1-2H3,(H,22,23). The van der Waals surface area contributed by atoms with Crippen LogP contribution in [0.2, 0.25) is 0 Å². The molecule has 0 spiro atoms. The molecule has 0 saturated carbocycles. The molecule has 0 aliphatic heterocycles. The lowest BCUT2D eigenvalue weighted by Gasteiger charge is -2.04. The maximum absolute atomic E-state index is 4.51. The van der Waals surface area contributed by atoms with E-state index in [0.29, 0.717) is 11.7 Å². The zero-order valence-corrected chi connectivity index (χ0v) is 14.2. The van der Waals surface area contributed by atoms with Crippen LogP contribution in [0.1, 0.15) is 5.69 Å². The Morgan fingerprint density at radius 3 is 2.73 bits per heavy atom. The van der Waals surface area contributed by atoms with E-state index in [1.54, 1.807) is 21.6 Å². The molecule has 9 nitrogen and oxygen atoms in total. The van der Waals surface area contributed by atoms with Crippen LogP contribution in [0.3, 0.4) is 0 Å². The molecule has 0 saturated heterocycles. The number of hydrogen-bond acceptors (Lipinski definition) is 6. The highest BCUT2D eigenvalue weighted by atomic mass is 15.3. The van der Waals surface area contributed by atoms with Crippen LogP contribution in [0.25, 0.3) is 22.4 Å². The van der Waals surface area contributed by atoms with Crippen molar-refractivity contribution in [3.63, 3.8) is 0 Å². The Hall–Kier alpha value is -3.75. The van der Waals surface area contributed by atoms with Crippen molar-refractivity contribution in [2.24, 2.45) is 7.05 Å². The van der Waals surface area contributed by atoms with E-state index in [-0.39, 0.29) is 0 Å². The van der Waals surface area contributed by atoms with Gasteiger partial charge in [0.1, 0.15) is 0 Å². The fraction of sp³-hybridized carbons (Fsp3) is 0.118. The summed E-state index contributed by atoms with van der Waals surface area (Å²) in [6.07, 6.45) is 13.0. The minimum atomic E-state index is 0.506. The fourth-order valence-corrected chi connectivity index (χ4v) is 2.94. The van der Waals surface area contributed by atoms with Crippen molar-refractivity contribution in [2.45, 2.75) is 6.92 Å². The third-order valence-corrected chi connectivity index (χ3v) is 4.24. The second-order valence-electron chi connectivity index (χ2n) is 6.08. The molecule has 5 rings (SSSR count). The van der Waals surface area contributed by atoms with Crippen molar-refractivity contribution in [3.05, 3.63) is 55.1 Å². The molecule has 26 heavy (non-hydrogen) atoms. The SMILES string of the molecule is Cc1cnc2ncc(-c3ccn4nc(Nc5cnn(C)c5)ncc34)cn12. The Kier molecular flexibility index (Phi) is 3.02. The van der Waals surface area contributed by atoms with E-state index < -0.39 is 0 Å². The maximum atomic E-state index is 4.51. The monoisotopic (exact) mass is 345 g/mol. The molecular weight excluding hydrogens is 330 g/mol. The molecule has 9 heteroatoms. The zero-order chi connectivity index (χ0) is 17.7. The number of fused-ring (bicyclic) bond motifs is 2. The van der Waals surface area contributed by atoms with Gasteiger partial charge in [-0.25, -0.2) is 19.5 Å². The first kappa shape index (κ1) is 14.6. The molecule has 0 bridgehead atoms. The van der Waals surface area contributed by atoms with Crippen molar-refractivity contribution >= 4 is 22.9 Å². The highest BCUT2D eigenvalue weighted by Crippen LogP contribution is 2.25. The third-order valence-electron chi connectivity index (χ3n) is 4.24. The van der Waals surface area contributed by atoms with Crippen LogP contribution in [-0.2, 0) is 7.05 Å². The van der Waals surface area contributed by atoms with E-state index in [2.05, 4.69) is 30.5 Å². The van der Waals surface area contributed by atoms with Crippen LogP contribution in [0, 0.1) is 6.92 Å². The van der Waals surface area contributed by atoms with Crippen LogP contribution >= 0.6 is 0 Å². The topological polar surface area (TPSA) is 90.2 Å². The summed E-state index contributed by atoms with van der Waals surface area (Å²) < 4.78 is 5.49. The largest absolute Gasteiger partial charge is 0.320 e. The van der Waals surface area contributed by atoms with Gasteiger partial charge in [0.25, 0.3) is 0 Å². The molecule has 0 aliphatic rings. The number of nitrogens with zero attached hydrogens (tertiary/aromatic N) is 8. The summed E-state index contributed by atoms with van der Waals surface area (Å²) in [6.45, 7) is 2.00. The summed E-state index contributed by atoms with van der Waals surface area (Å²) in [5.41, 5.74) is 4.78. The molecule has 5 aromatic heterocycles. The van der Waals surface area contributed by atoms with Crippen LogP contribution < -0.4 is 5.32 Å². The lowest BCUT2D eigenvalue weighted by molar-refractivity contribution is 0.768. The normalized spacial score (nSPS) is 11.5. The fourth-order valence-electron chi connectivity index (χ4n) is 2.94. The van der Waals surface area contributed by atoms with Gasteiger partial charge in [0, 0.05) is 48.7 Å². The molecule has 5 aromatic rings. The van der Waals surface area contributed by atoms with Crippen molar-refractivity contribution in [2.75, 3.05) is 5.32 Å². The smallest absolute Gasteiger partial charge is 0.245 e. The zero-order valence-electron chi connectivity index (χ0n) is 14.2.